The summed E-state index contributed by atoms with van der Waals surface area (Å²) >= 11 is 0. The summed E-state index contributed by atoms with van der Waals surface area (Å²) in [6.45, 7) is 21.9. The molecule has 4 fully saturated rings. The van der Waals surface area contributed by atoms with Crippen LogP contribution in [0.2, 0.25) is 0 Å². The van der Waals surface area contributed by atoms with Crippen molar-refractivity contribution < 1.29 is 42.9 Å². The molecule has 10 nitrogen and oxygen atoms in total. The van der Waals surface area contributed by atoms with Gasteiger partial charge in [-0.2, -0.15) is 0 Å². The third-order valence-corrected chi connectivity index (χ3v) is 15.7. The van der Waals surface area contributed by atoms with E-state index in [1.54, 1.807) is 0 Å². The molecule has 4 saturated carbocycles. The van der Waals surface area contributed by atoms with E-state index >= 15 is 0 Å². The highest BCUT2D eigenvalue weighted by Gasteiger charge is 2.72. The Balaban J connectivity index is 1.60. The third kappa shape index (κ3) is 6.19. The number of rotatable bonds is 8. The minimum atomic E-state index is -0.795. The summed E-state index contributed by atoms with van der Waals surface area (Å²) in [6.07, 6.45) is 7.38. The van der Waals surface area contributed by atoms with Crippen molar-refractivity contribution in [1.82, 2.24) is 5.32 Å². The fraction of sp³-hybridized carbons (Fsp3) is 0.833. The lowest BCUT2D eigenvalue weighted by atomic mass is 9.33. The lowest BCUT2D eigenvalue weighted by Crippen LogP contribution is -2.69. The lowest BCUT2D eigenvalue weighted by Gasteiger charge is -2.72. The van der Waals surface area contributed by atoms with Crippen molar-refractivity contribution in [2.24, 2.45) is 62.6 Å². The molecule has 0 heterocycles. The van der Waals surface area contributed by atoms with Gasteiger partial charge in [0.25, 0.3) is 0 Å². The average Bonchev–Trinajstić information content (AvgIpc) is 3.05. The van der Waals surface area contributed by atoms with Crippen LogP contribution in [0.4, 0.5) is 0 Å². The van der Waals surface area contributed by atoms with Crippen molar-refractivity contribution >= 4 is 29.8 Å². The topological polar surface area (TPSA) is 134 Å². The van der Waals surface area contributed by atoms with E-state index in [1.165, 1.54) is 33.5 Å². The quantitative estimate of drug-likeness (QED) is 0.160. The number of carbonyl (C=O) groups is 5. The van der Waals surface area contributed by atoms with Crippen LogP contribution in [-0.2, 0) is 42.9 Å². The van der Waals surface area contributed by atoms with Crippen molar-refractivity contribution in [3.05, 3.63) is 11.6 Å². The molecule has 0 radical (unpaired) electrons. The molecule has 1 N–H and O–H groups in total. The smallest absolute Gasteiger partial charge is 0.328 e. The predicted octanol–water partition coefficient (Wildman–Crippen LogP) is 6.97. The van der Waals surface area contributed by atoms with Crippen molar-refractivity contribution in [3.63, 3.8) is 0 Å². The largest absolute Gasteiger partial charge is 0.467 e. The van der Waals surface area contributed by atoms with Gasteiger partial charge < -0.3 is 24.3 Å². The van der Waals surface area contributed by atoms with Gasteiger partial charge in [0.15, 0.2) is 0 Å². The van der Waals surface area contributed by atoms with Crippen LogP contribution >= 0.6 is 0 Å². The minimum absolute atomic E-state index is 0.0144. The maximum Gasteiger partial charge on any atom is 0.328 e. The van der Waals surface area contributed by atoms with Crippen molar-refractivity contribution in [3.8, 4) is 0 Å². The zero-order chi connectivity index (χ0) is 38.8. The Morgan fingerprint density at radius 2 is 1.52 bits per heavy atom. The summed E-state index contributed by atoms with van der Waals surface area (Å²) in [7, 11) is 1.37. The highest BCUT2D eigenvalue weighted by Crippen LogP contribution is 2.76. The summed E-state index contributed by atoms with van der Waals surface area (Å²) in [6, 6.07) is -0.707. The van der Waals surface area contributed by atoms with E-state index in [9.17, 15) is 24.0 Å². The first kappa shape index (κ1) is 40.3. The summed E-state index contributed by atoms with van der Waals surface area (Å²) < 4.78 is 22.9. The second-order valence-electron chi connectivity index (χ2n) is 18.7. The van der Waals surface area contributed by atoms with Crippen LogP contribution in [0.5, 0.6) is 0 Å². The molecule has 10 heteroatoms. The number of ether oxygens (including phenoxy) is 4. The predicted molar refractivity (Wildman–Crippen MR) is 195 cm³/mol. The number of amides is 1. The zero-order valence-electron chi connectivity index (χ0n) is 33.8. The number of esters is 4. The fourth-order valence-electron chi connectivity index (χ4n) is 12.8. The molecule has 0 aromatic carbocycles. The van der Waals surface area contributed by atoms with Crippen LogP contribution in [0.1, 0.15) is 128 Å². The first-order valence-electron chi connectivity index (χ1n) is 19.7. The van der Waals surface area contributed by atoms with E-state index in [0.29, 0.717) is 12.3 Å². The van der Waals surface area contributed by atoms with Crippen molar-refractivity contribution in [2.75, 3.05) is 13.7 Å². The van der Waals surface area contributed by atoms with Crippen LogP contribution in [0.3, 0.4) is 0 Å². The van der Waals surface area contributed by atoms with Crippen molar-refractivity contribution in [2.45, 2.75) is 146 Å². The Hall–Kier alpha value is -2.91. The maximum atomic E-state index is 14.7. The van der Waals surface area contributed by atoms with E-state index in [2.05, 4.69) is 46.0 Å². The van der Waals surface area contributed by atoms with Crippen LogP contribution < -0.4 is 5.32 Å². The molecular weight excluding hydrogens is 662 g/mol. The second-order valence-corrected chi connectivity index (χ2v) is 18.7. The molecule has 5 rings (SSSR count). The van der Waals surface area contributed by atoms with Gasteiger partial charge in [-0.3, -0.25) is 19.2 Å². The molecular formula is C42H65NO9. The second kappa shape index (κ2) is 14.1. The molecule has 13 atom stereocenters. The Morgan fingerprint density at radius 1 is 0.865 bits per heavy atom. The molecule has 0 aromatic rings. The number of allylic oxidation sites excluding steroid dienone is 2. The SMILES string of the molecule is COC(=O)[C@@H](NC(=O)[C@]12CC[C@@H](C)[C@H](C)[C@H]1C1=CC[C@@H]3[C@@]4(C)C[C@@H](OC(C)=O)[C@H](OC(C)=O)[C@@](C)(COC(C)=O)[C@@H]4CC[C@@]3(C)[C@]1(C)CC2)C(C)C. The van der Waals surface area contributed by atoms with E-state index < -0.39 is 53.0 Å². The minimum Gasteiger partial charge on any atom is -0.467 e. The van der Waals surface area contributed by atoms with E-state index in [1.807, 2.05) is 20.8 Å². The molecule has 0 aromatic heterocycles. The summed E-state index contributed by atoms with van der Waals surface area (Å²) in [5, 5.41) is 3.19. The van der Waals surface area contributed by atoms with Gasteiger partial charge in [0, 0.05) is 26.2 Å². The third-order valence-electron chi connectivity index (χ3n) is 15.7. The fourth-order valence-corrected chi connectivity index (χ4v) is 12.8. The first-order valence-corrected chi connectivity index (χ1v) is 19.7. The van der Waals surface area contributed by atoms with Gasteiger partial charge in [-0.15, -0.1) is 0 Å². The lowest BCUT2D eigenvalue weighted by molar-refractivity contribution is -0.255. The van der Waals surface area contributed by atoms with Crippen LogP contribution in [0, 0.1) is 62.6 Å². The van der Waals surface area contributed by atoms with Gasteiger partial charge >= 0.3 is 23.9 Å². The molecule has 5 aliphatic carbocycles. The normalized spacial score (nSPS) is 42.9. The molecule has 0 spiro atoms. The number of fused-ring (bicyclic) bond motifs is 7. The Labute approximate surface area is 311 Å². The number of carbonyl (C=O) groups excluding carboxylic acids is 5. The van der Waals surface area contributed by atoms with Gasteiger partial charge in [0.05, 0.1) is 12.5 Å². The van der Waals surface area contributed by atoms with Gasteiger partial charge in [-0.05, 0) is 103 Å². The van der Waals surface area contributed by atoms with Crippen LogP contribution in [0.25, 0.3) is 0 Å². The standard InChI is InChI=1S/C42H65NO9/c1-23(2)34(36(47)49-12)43-37(48)42-18-15-24(3)25(4)33(42)29-13-14-32-38(8)21-30(51-27(6)45)35(52-28(7)46)39(9,22-50-26(5)44)31(38)16-17-41(32,11)40(29,10)19-20-42/h13,23-25,30-35H,14-22H2,1-12H3,(H,43,48)/t24-,25+,30-,31-,32-,33+,34+,35+,38+,39+,40-,41-,42+/m1/s1. The maximum absolute atomic E-state index is 14.7. The van der Waals surface area contributed by atoms with Crippen molar-refractivity contribution in [1.29, 1.82) is 0 Å². The molecule has 1 amide bonds. The van der Waals surface area contributed by atoms with Gasteiger partial charge in [-0.1, -0.05) is 67.0 Å². The Bertz CT molecular complexity index is 1490. The molecule has 0 bridgehead atoms. The molecule has 292 valence electrons. The Kier molecular flexibility index (Phi) is 10.9. The van der Waals surface area contributed by atoms with Gasteiger partial charge in [0.1, 0.15) is 24.9 Å². The van der Waals surface area contributed by atoms with Crippen LogP contribution in [-0.4, -0.2) is 61.8 Å². The number of methoxy groups -OCH3 is 1. The molecule has 0 unspecified atom stereocenters. The van der Waals surface area contributed by atoms with E-state index in [4.69, 9.17) is 18.9 Å². The summed E-state index contributed by atoms with van der Waals surface area (Å²) in [4.78, 5) is 64.9. The number of hydrogen-bond donors (Lipinski definition) is 1. The molecule has 0 saturated heterocycles. The van der Waals surface area contributed by atoms with E-state index in [-0.39, 0.29) is 58.3 Å². The molecule has 0 aliphatic heterocycles. The zero-order valence-corrected chi connectivity index (χ0v) is 33.8. The highest BCUT2D eigenvalue weighted by molar-refractivity contribution is 5.89. The first-order chi connectivity index (χ1) is 24.1. The summed E-state index contributed by atoms with van der Waals surface area (Å²) in [5.74, 6) is -0.917. The van der Waals surface area contributed by atoms with E-state index in [0.717, 1.165) is 44.9 Å². The number of nitrogens with one attached hydrogen (secondary N) is 1. The van der Waals surface area contributed by atoms with Gasteiger partial charge in [0.2, 0.25) is 5.91 Å². The van der Waals surface area contributed by atoms with Crippen LogP contribution in [0.15, 0.2) is 11.6 Å². The van der Waals surface area contributed by atoms with Gasteiger partial charge in [-0.25, -0.2) is 4.79 Å². The Morgan fingerprint density at radius 3 is 2.10 bits per heavy atom. The average molecular weight is 728 g/mol. The number of hydrogen-bond acceptors (Lipinski definition) is 9. The highest BCUT2D eigenvalue weighted by atomic mass is 16.6. The molecule has 52 heavy (non-hydrogen) atoms. The monoisotopic (exact) mass is 727 g/mol. The summed E-state index contributed by atoms with van der Waals surface area (Å²) in [5.41, 5.74) is -0.744. The molecule has 5 aliphatic rings.